The highest BCUT2D eigenvalue weighted by molar-refractivity contribution is 8.00. The second-order valence-corrected chi connectivity index (χ2v) is 7.50. The standard InChI is InChI=1S/C21H23NO5S/c1-15(2)22(16-6-4-3-5-7-16)20(23)13-27-21(24)14-28-17-8-9-18-19(12-17)26-11-10-25-18/h3-9,12,15H,10-11,13-14H2,1-2H3. The van der Waals surface area contributed by atoms with Crippen LogP contribution < -0.4 is 14.4 Å². The molecule has 2 aromatic rings. The topological polar surface area (TPSA) is 65.1 Å². The quantitative estimate of drug-likeness (QED) is 0.522. The van der Waals surface area contributed by atoms with E-state index in [4.69, 9.17) is 14.2 Å². The Hall–Kier alpha value is -2.67. The predicted octanol–water partition coefficient (Wildman–Crippen LogP) is 3.53. The van der Waals surface area contributed by atoms with Crippen molar-refractivity contribution in [3.8, 4) is 11.5 Å². The Morgan fingerprint density at radius 1 is 1.07 bits per heavy atom. The summed E-state index contributed by atoms with van der Waals surface area (Å²) in [6, 6.07) is 14.8. The zero-order valence-corrected chi connectivity index (χ0v) is 16.7. The van der Waals surface area contributed by atoms with E-state index in [0.29, 0.717) is 24.7 Å². The number of thioether (sulfide) groups is 1. The number of ether oxygens (including phenoxy) is 3. The van der Waals surface area contributed by atoms with Crippen LogP contribution in [0, 0.1) is 0 Å². The Bertz CT molecular complexity index is 825. The number of carbonyl (C=O) groups excluding carboxylic acids is 2. The fraction of sp³-hybridized carbons (Fsp3) is 0.333. The van der Waals surface area contributed by atoms with Gasteiger partial charge in [-0.2, -0.15) is 0 Å². The molecule has 0 radical (unpaired) electrons. The number of rotatable bonds is 7. The molecule has 28 heavy (non-hydrogen) atoms. The van der Waals surface area contributed by atoms with Crippen molar-refractivity contribution in [1.82, 2.24) is 0 Å². The fourth-order valence-electron chi connectivity index (χ4n) is 2.83. The van der Waals surface area contributed by atoms with Crippen LogP contribution in [0.25, 0.3) is 0 Å². The molecule has 1 amide bonds. The molecule has 0 unspecified atom stereocenters. The molecular weight excluding hydrogens is 378 g/mol. The smallest absolute Gasteiger partial charge is 0.316 e. The Kier molecular flexibility index (Phi) is 6.81. The normalized spacial score (nSPS) is 12.5. The highest BCUT2D eigenvalue weighted by Gasteiger charge is 2.20. The van der Waals surface area contributed by atoms with Crippen molar-refractivity contribution < 1.29 is 23.8 Å². The minimum atomic E-state index is -0.440. The van der Waals surface area contributed by atoms with Gasteiger partial charge in [0.05, 0.1) is 5.75 Å². The zero-order valence-electron chi connectivity index (χ0n) is 15.9. The lowest BCUT2D eigenvalue weighted by Gasteiger charge is -2.26. The largest absolute Gasteiger partial charge is 0.486 e. The van der Waals surface area contributed by atoms with Crippen molar-refractivity contribution in [2.45, 2.75) is 24.8 Å². The first-order chi connectivity index (χ1) is 13.5. The van der Waals surface area contributed by atoms with Gasteiger partial charge in [0.1, 0.15) is 13.2 Å². The monoisotopic (exact) mass is 401 g/mol. The number of carbonyl (C=O) groups is 2. The first kappa shape index (κ1) is 20.1. The molecular formula is C21H23NO5S. The average Bonchev–Trinajstić information content (AvgIpc) is 2.71. The summed E-state index contributed by atoms with van der Waals surface area (Å²) in [5.74, 6) is 0.803. The minimum Gasteiger partial charge on any atom is -0.486 e. The third-order valence-corrected chi connectivity index (χ3v) is 5.01. The maximum Gasteiger partial charge on any atom is 0.316 e. The van der Waals surface area contributed by atoms with Crippen LogP contribution in [-0.4, -0.2) is 43.5 Å². The molecule has 2 aromatic carbocycles. The van der Waals surface area contributed by atoms with Crippen LogP contribution in [0.3, 0.4) is 0 Å². The van der Waals surface area contributed by atoms with E-state index >= 15 is 0 Å². The van der Waals surface area contributed by atoms with Crippen molar-refractivity contribution in [3.63, 3.8) is 0 Å². The van der Waals surface area contributed by atoms with Gasteiger partial charge in [-0.05, 0) is 44.2 Å². The summed E-state index contributed by atoms with van der Waals surface area (Å²) in [6.45, 7) is 4.61. The molecule has 0 N–H and O–H groups in total. The van der Waals surface area contributed by atoms with Gasteiger partial charge in [-0.25, -0.2) is 0 Å². The molecule has 6 nitrogen and oxygen atoms in total. The van der Waals surface area contributed by atoms with E-state index in [0.717, 1.165) is 10.6 Å². The summed E-state index contributed by atoms with van der Waals surface area (Å²) < 4.78 is 16.2. The lowest BCUT2D eigenvalue weighted by molar-refractivity contribution is -0.145. The van der Waals surface area contributed by atoms with Gasteiger partial charge < -0.3 is 19.1 Å². The molecule has 148 valence electrons. The molecule has 1 aliphatic rings. The van der Waals surface area contributed by atoms with E-state index in [-0.39, 0.29) is 24.3 Å². The van der Waals surface area contributed by atoms with Crippen LogP contribution in [0.5, 0.6) is 11.5 Å². The third kappa shape index (κ3) is 5.19. The Labute approximate surface area is 168 Å². The van der Waals surface area contributed by atoms with Crippen LogP contribution in [0.15, 0.2) is 53.4 Å². The van der Waals surface area contributed by atoms with Crippen LogP contribution in [0.4, 0.5) is 5.69 Å². The number of esters is 1. The molecule has 0 atom stereocenters. The summed E-state index contributed by atoms with van der Waals surface area (Å²) in [5, 5.41) is 0. The molecule has 0 bridgehead atoms. The molecule has 0 aliphatic carbocycles. The van der Waals surface area contributed by atoms with E-state index in [2.05, 4.69) is 0 Å². The SMILES string of the molecule is CC(C)N(C(=O)COC(=O)CSc1ccc2c(c1)OCCO2)c1ccccc1. The van der Waals surface area contributed by atoms with Gasteiger partial charge in [-0.15, -0.1) is 11.8 Å². The van der Waals surface area contributed by atoms with Crippen molar-refractivity contribution in [2.24, 2.45) is 0 Å². The van der Waals surface area contributed by atoms with Gasteiger partial charge in [-0.1, -0.05) is 18.2 Å². The zero-order chi connectivity index (χ0) is 19.9. The van der Waals surface area contributed by atoms with Crippen LogP contribution in [-0.2, 0) is 14.3 Å². The first-order valence-electron chi connectivity index (χ1n) is 9.10. The van der Waals surface area contributed by atoms with Crippen molar-refractivity contribution >= 4 is 29.3 Å². The van der Waals surface area contributed by atoms with E-state index in [1.54, 1.807) is 4.90 Å². The van der Waals surface area contributed by atoms with E-state index in [1.165, 1.54) is 11.8 Å². The van der Waals surface area contributed by atoms with Crippen LogP contribution in [0.1, 0.15) is 13.8 Å². The number of hydrogen-bond donors (Lipinski definition) is 0. The number of nitrogens with zero attached hydrogens (tertiary/aromatic N) is 1. The van der Waals surface area contributed by atoms with Gasteiger partial charge in [0.2, 0.25) is 0 Å². The predicted molar refractivity (Wildman–Crippen MR) is 108 cm³/mol. The van der Waals surface area contributed by atoms with Gasteiger partial charge in [0.15, 0.2) is 18.1 Å². The molecule has 1 aliphatic heterocycles. The van der Waals surface area contributed by atoms with Gasteiger partial charge in [0.25, 0.3) is 5.91 Å². The van der Waals surface area contributed by atoms with E-state index in [9.17, 15) is 9.59 Å². The number of anilines is 1. The Morgan fingerprint density at radius 2 is 1.79 bits per heavy atom. The maximum atomic E-state index is 12.5. The molecule has 3 rings (SSSR count). The highest BCUT2D eigenvalue weighted by atomic mass is 32.2. The molecule has 1 heterocycles. The Balaban J connectivity index is 1.50. The summed E-state index contributed by atoms with van der Waals surface area (Å²) in [4.78, 5) is 27.1. The second-order valence-electron chi connectivity index (χ2n) is 6.45. The fourth-order valence-corrected chi connectivity index (χ4v) is 3.55. The number of fused-ring (bicyclic) bond motifs is 1. The first-order valence-corrected chi connectivity index (χ1v) is 10.1. The number of hydrogen-bond acceptors (Lipinski definition) is 6. The van der Waals surface area contributed by atoms with Gasteiger partial charge in [-0.3, -0.25) is 9.59 Å². The molecule has 0 fully saturated rings. The maximum absolute atomic E-state index is 12.5. The van der Waals surface area contributed by atoms with Crippen LogP contribution >= 0.6 is 11.8 Å². The molecule has 0 saturated heterocycles. The second kappa shape index (κ2) is 9.50. The summed E-state index contributed by atoms with van der Waals surface area (Å²) in [5.41, 5.74) is 0.782. The van der Waals surface area contributed by atoms with Crippen molar-refractivity contribution in [2.75, 3.05) is 30.5 Å². The molecule has 7 heteroatoms. The lowest BCUT2D eigenvalue weighted by Crippen LogP contribution is -2.40. The van der Waals surface area contributed by atoms with Gasteiger partial charge >= 0.3 is 5.97 Å². The number of para-hydroxylation sites is 1. The number of amides is 1. The lowest BCUT2D eigenvalue weighted by atomic mass is 10.2. The highest BCUT2D eigenvalue weighted by Crippen LogP contribution is 2.34. The van der Waals surface area contributed by atoms with E-state index in [1.807, 2.05) is 62.4 Å². The number of benzene rings is 2. The van der Waals surface area contributed by atoms with Gasteiger partial charge in [0, 0.05) is 16.6 Å². The summed E-state index contributed by atoms with van der Waals surface area (Å²) >= 11 is 1.33. The van der Waals surface area contributed by atoms with Crippen molar-refractivity contribution in [3.05, 3.63) is 48.5 Å². The molecule has 0 spiro atoms. The Morgan fingerprint density at radius 3 is 2.50 bits per heavy atom. The van der Waals surface area contributed by atoms with Crippen molar-refractivity contribution in [1.29, 1.82) is 0 Å². The summed E-state index contributed by atoms with van der Waals surface area (Å²) in [6.07, 6.45) is 0. The van der Waals surface area contributed by atoms with Crippen LogP contribution in [0.2, 0.25) is 0 Å². The summed E-state index contributed by atoms with van der Waals surface area (Å²) in [7, 11) is 0. The van der Waals surface area contributed by atoms with E-state index < -0.39 is 5.97 Å². The minimum absolute atomic E-state index is 0.0410. The average molecular weight is 401 g/mol. The third-order valence-electron chi connectivity index (χ3n) is 4.05. The molecule has 0 aromatic heterocycles. The molecule has 0 saturated carbocycles.